The molecular weight excluding hydrogens is 269 g/mol. The van der Waals surface area contributed by atoms with E-state index in [1.807, 2.05) is 6.07 Å². The van der Waals surface area contributed by atoms with Crippen molar-refractivity contribution >= 4 is 8.07 Å². The zero-order valence-electron chi connectivity index (χ0n) is 13.2. The normalized spacial score (nSPS) is 13.4. The Morgan fingerprint density at radius 2 is 2.05 bits per heavy atom. The molecule has 4 heteroatoms. The maximum Gasteiger partial charge on any atom is 0.123 e. The fourth-order valence-corrected chi connectivity index (χ4v) is 4.58. The first-order valence-electron chi connectivity index (χ1n) is 7.35. The molecular formula is C16H28FNOSi. The predicted octanol–water partition coefficient (Wildman–Crippen LogP) is 3.56. The van der Waals surface area contributed by atoms with Gasteiger partial charge in [0.25, 0.3) is 0 Å². The Morgan fingerprint density at radius 1 is 1.30 bits per heavy atom. The second-order valence-electron chi connectivity index (χ2n) is 6.66. The molecule has 1 rings (SSSR count). The Kier molecular flexibility index (Phi) is 7.41. The number of ether oxygens (including phenoxy) is 1. The summed E-state index contributed by atoms with van der Waals surface area (Å²) in [5.41, 5.74) is 1.10. The number of rotatable bonds is 9. The molecule has 1 aromatic rings. The SMILES string of the molecule is COCCNCC(Cc1cccc(F)c1)C[Si](C)(C)C. The number of methoxy groups -OCH3 is 1. The Bertz CT molecular complexity index is 392. The van der Waals surface area contributed by atoms with Gasteiger partial charge in [0.1, 0.15) is 5.82 Å². The third-order valence-corrected chi connectivity index (χ3v) is 5.03. The molecule has 1 unspecified atom stereocenters. The van der Waals surface area contributed by atoms with Crippen molar-refractivity contribution in [2.75, 3.05) is 26.8 Å². The molecule has 0 fully saturated rings. The minimum atomic E-state index is -1.12. The third-order valence-electron chi connectivity index (χ3n) is 3.23. The average Bonchev–Trinajstić information content (AvgIpc) is 2.32. The van der Waals surface area contributed by atoms with Crippen molar-refractivity contribution in [1.82, 2.24) is 5.32 Å². The maximum absolute atomic E-state index is 13.3. The van der Waals surface area contributed by atoms with Crippen LogP contribution in [0.15, 0.2) is 24.3 Å². The van der Waals surface area contributed by atoms with Crippen LogP contribution in [0.4, 0.5) is 4.39 Å². The first-order valence-corrected chi connectivity index (χ1v) is 11.1. The number of benzene rings is 1. The highest BCUT2D eigenvalue weighted by molar-refractivity contribution is 6.76. The molecule has 0 aliphatic heterocycles. The van der Waals surface area contributed by atoms with E-state index in [-0.39, 0.29) is 5.82 Å². The van der Waals surface area contributed by atoms with Crippen molar-refractivity contribution in [3.63, 3.8) is 0 Å². The molecule has 1 N–H and O–H groups in total. The van der Waals surface area contributed by atoms with Crippen LogP contribution in [-0.2, 0) is 11.2 Å². The fraction of sp³-hybridized carbons (Fsp3) is 0.625. The summed E-state index contributed by atoms with van der Waals surface area (Å²) >= 11 is 0. The molecule has 2 nitrogen and oxygen atoms in total. The van der Waals surface area contributed by atoms with Crippen LogP contribution in [0.25, 0.3) is 0 Å². The van der Waals surface area contributed by atoms with Crippen molar-refractivity contribution in [2.24, 2.45) is 5.92 Å². The lowest BCUT2D eigenvalue weighted by molar-refractivity contribution is 0.198. The Balaban J connectivity index is 2.57. The molecule has 0 saturated heterocycles. The minimum Gasteiger partial charge on any atom is -0.383 e. The summed E-state index contributed by atoms with van der Waals surface area (Å²) in [5.74, 6) is 0.432. The van der Waals surface area contributed by atoms with Crippen LogP contribution >= 0.6 is 0 Å². The van der Waals surface area contributed by atoms with Crippen molar-refractivity contribution < 1.29 is 9.13 Å². The van der Waals surface area contributed by atoms with Crippen molar-refractivity contribution in [2.45, 2.75) is 32.1 Å². The second-order valence-corrected chi connectivity index (χ2v) is 12.2. The van der Waals surface area contributed by atoms with Crippen molar-refractivity contribution in [3.05, 3.63) is 35.6 Å². The summed E-state index contributed by atoms with van der Waals surface area (Å²) in [7, 11) is 0.595. The van der Waals surface area contributed by atoms with Gasteiger partial charge in [-0.1, -0.05) is 37.8 Å². The van der Waals surface area contributed by atoms with Gasteiger partial charge in [-0.05, 0) is 36.6 Å². The van der Waals surface area contributed by atoms with Crippen LogP contribution < -0.4 is 5.32 Å². The highest BCUT2D eigenvalue weighted by Crippen LogP contribution is 2.21. The molecule has 0 saturated carbocycles. The molecule has 114 valence electrons. The smallest absolute Gasteiger partial charge is 0.123 e. The molecule has 0 bridgehead atoms. The predicted molar refractivity (Wildman–Crippen MR) is 86.5 cm³/mol. The Labute approximate surface area is 123 Å². The molecule has 20 heavy (non-hydrogen) atoms. The zero-order chi connectivity index (χ0) is 15.0. The molecule has 0 aromatic heterocycles. The van der Waals surface area contributed by atoms with Gasteiger partial charge < -0.3 is 10.1 Å². The Morgan fingerprint density at radius 3 is 2.65 bits per heavy atom. The van der Waals surface area contributed by atoms with Gasteiger partial charge in [0.15, 0.2) is 0 Å². The Hall–Kier alpha value is -0.713. The summed E-state index contributed by atoms with van der Waals surface area (Å²) in [6.07, 6.45) is 0.946. The molecule has 0 aliphatic rings. The van der Waals surface area contributed by atoms with Crippen LogP contribution in [0.1, 0.15) is 5.56 Å². The van der Waals surface area contributed by atoms with E-state index < -0.39 is 8.07 Å². The van der Waals surface area contributed by atoms with Crippen LogP contribution in [-0.4, -0.2) is 34.9 Å². The van der Waals surface area contributed by atoms with E-state index in [0.717, 1.165) is 31.7 Å². The third kappa shape index (κ3) is 7.77. The summed E-state index contributed by atoms with van der Waals surface area (Å²) in [6.45, 7) is 9.76. The molecule has 1 atom stereocenters. The molecule has 0 aliphatic carbocycles. The summed E-state index contributed by atoms with van der Waals surface area (Å²) < 4.78 is 18.3. The lowest BCUT2D eigenvalue weighted by Crippen LogP contribution is -2.33. The average molecular weight is 297 g/mol. The van der Waals surface area contributed by atoms with Gasteiger partial charge in [0.2, 0.25) is 0 Å². The van der Waals surface area contributed by atoms with E-state index in [4.69, 9.17) is 4.74 Å². The first kappa shape index (κ1) is 17.3. The number of hydrogen-bond acceptors (Lipinski definition) is 2. The van der Waals surface area contributed by atoms with E-state index in [0.29, 0.717) is 5.92 Å². The topological polar surface area (TPSA) is 21.3 Å². The number of nitrogens with one attached hydrogen (secondary N) is 1. The van der Waals surface area contributed by atoms with E-state index in [1.54, 1.807) is 19.2 Å². The van der Waals surface area contributed by atoms with Crippen molar-refractivity contribution in [3.8, 4) is 0 Å². The van der Waals surface area contributed by atoms with Crippen molar-refractivity contribution in [1.29, 1.82) is 0 Å². The number of hydrogen-bond donors (Lipinski definition) is 1. The van der Waals surface area contributed by atoms with Gasteiger partial charge >= 0.3 is 0 Å². The molecule has 0 heterocycles. The molecule has 0 amide bonds. The molecule has 0 radical (unpaired) electrons. The summed E-state index contributed by atoms with van der Waals surface area (Å²) in [6, 6.07) is 8.24. The van der Waals surface area contributed by atoms with E-state index >= 15 is 0 Å². The quantitative estimate of drug-likeness (QED) is 0.556. The lowest BCUT2D eigenvalue weighted by atomic mass is 10.0. The van der Waals surface area contributed by atoms with Crippen LogP contribution in [0.5, 0.6) is 0 Å². The largest absolute Gasteiger partial charge is 0.383 e. The minimum absolute atomic E-state index is 0.137. The fourth-order valence-electron chi connectivity index (χ4n) is 2.56. The zero-order valence-corrected chi connectivity index (χ0v) is 14.2. The summed E-state index contributed by atoms with van der Waals surface area (Å²) in [5, 5.41) is 3.45. The van der Waals surface area contributed by atoms with E-state index in [9.17, 15) is 4.39 Å². The molecule has 1 aromatic carbocycles. The second kappa shape index (κ2) is 8.55. The lowest BCUT2D eigenvalue weighted by Gasteiger charge is -2.25. The monoisotopic (exact) mass is 297 g/mol. The summed E-state index contributed by atoms with van der Waals surface area (Å²) in [4.78, 5) is 0. The van der Waals surface area contributed by atoms with Gasteiger partial charge in [-0.2, -0.15) is 0 Å². The molecule has 0 spiro atoms. The number of halogens is 1. The standard InChI is InChI=1S/C16H28FNOSi/c1-19-9-8-18-12-15(13-20(2,3)4)10-14-6-5-7-16(17)11-14/h5-7,11,15,18H,8-10,12-13H2,1-4H3. The van der Waals surface area contributed by atoms with E-state index in [2.05, 4.69) is 25.0 Å². The highest BCUT2D eigenvalue weighted by atomic mass is 28.3. The maximum atomic E-state index is 13.3. The first-order chi connectivity index (χ1) is 9.40. The van der Waals surface area contributed by atoms with E-state index in [1.165, 1.54) is 12.1 Å². The van der Waals surface area contributed by atoms with Gasteiger partial charge in [-0.25, -0.2) is 4.39 Å². The van der Waals surface area contributed by atoms with Gasteiger partial charge in [0, 0.05) is 21.7 Å². The highest BCUT2D eigenvalue weighted by Gasteiger charge is 2.20. The van der Waals surface area contributed by atoms with Crippen LogP contribution in [0, 0.1) is 11.7 Å². The van der Waals surface area contributed by atoms with Gasteiger partial charge in [-0.3, -0.25) is 0 Å². The van der Waals surface area contributed by atoms with Crippen LogP contribution in [0.3, 0.4) is 0 Å². The van der Waals surface area contributed by atoms with Crippen LogP contribution in [0.2, 0.25) is 25.7 Å². The van der Waals surface area contributed by atoms with Gasteiger partial charge in [-0.15, -0.1) is 0 Å². The van der Waals surface area contributed by atoms with Gasteiger partial charge in [0.05, 0.1) is 6.61 Å².